The van der Waals surface area contributed by atoms with Crippen molar-refractivity contribution in [2.75, 3.05) is 11.6 Å². The standard InChI is InChI=1S/C17H17N3O3S/c1-19-14-8-3-4-9-15(14)20(17(19)22)11-16(21)18-12-6-5-7-13(10-12)24(2)23/h3-10H,11H2,1-2H3,(H,18,21). The molecule has 0 aliphatic carbocycles. The van der Waals surface area contributed by atoms with Crippen LogP contribution in [-0.4, -0.2) is 25.5 Å². The van der Waals surface area contributed by atoms with Gasteiger partial charge in [0.05, 0.1) is 11.0 Å². The number of benzene rings is 2. The highest BCUT2D eigenvalue weighted by molar-refractivity contribution is 7.84. The normalized spacial score (nSPS) is 12.2. The summed E-state index contributed by atoms with van der Waals surface area (Å²) in [5.74, 6) is -0.313. The third kappa shape index (κ3) is 3.03. The predicted molar refractivity (Wildman–Crippen MR) is 94.6 cm³/mol. The van der Waals surface area contributed by atoms with Gasteiger partial charge in [-0.3, -0.25) is 18.1 Å². The summed E-state index contributed by atoms with van der Waals surface area (Å²) in [6, 6.07) is 14.2. The fraction of sp³-hybridized carbons (Fsp3) is 0.176. The van der Waals surface area contributed by atoms with E-state index in [4.69, 9.17) is 0 Å². The van der Waals surface area contributed by atoms with Gasteiger partial charge in [0.25, 0.3) is 0 Å². The highest BCUT2D eigenvalue weighted by Gasteiger charge is 2.13. The summed E-state index contributed by atoms with van der Waals surface area (Å²) < 4.78 is 14.5. The van der Waals surface area contributed by atoms with Crippen LogP contribution in [0.4, 0.5) is 5.69 Å². The van der Waals surface area contributed by atoms with Gasteiger partial charge in [-0.15, -0.1) is 0 Å². The minimum Gasteiger partial charge on any atom is -0.324 e. The van der Waals surface area contributed by atoms with Crippen LogP contribution in [0.3, 0.4) is 0 Å². The Balaban J connectivity index is 1.86. The lowest BCUT2D eigenvalue weighted by molar-refractivity contribution is -0.116. The van der Waals surface area contributed by atoms with Gasteiger partial charge < -0.3 is 5.32 Å². The van der Waals surface area contributed by atoms with Crippen molar-refractivity contribution in [3.8, 4) is 0 Å². The fourth-order valence-corrected chi connectivity index (χ4v) is 3.18. The van der Waals surface area contributed by atoms with E-state index < -0.39 is 10.8 Å². The molecule has 0 radical (unpaired) electrons. The Morgan fingerprint density at radius 1 is 1.12 bits per heavy atom. The van der Waals surface area contributed by atoms with Crippen LogP contribution in [0.25, 0.3) is 11.0 Å². The average Bonchev–Trinajstić information content (AvgIpc) is 2.80. The maximum Gasteiger partial charge on any atom is 0.329 e. The van der Waals surface area contributed by atoms with Crippen LogP contribution in [0.5, 0.6) is 0 Å². The number of anilines is 1. The molecular weight excluding hydrogens is 326 g/mol. The molecule has 2 aromatic carbocycles. The fourth-order valence-electron chi connectivity index (χ4n) is 2.61. The Hall–Kier alpha value is -2.67. The topological polar surface area (TPSA) is 73.1 Å². The van der Waals surface area contributed by atoms with Crippen molar-refractivity contribution >= 4 is 33.4 Å². The Labute approximate surface area is 141 Å². The zero-order valence-corrected chi connectivity index (χ0v) is 14.2. The SMILES string of the molecule is Cn1c(=O)n(CC(=O)Nc2cccc(S(C)=O)c2)c2ccccc21. The van der Waals surface area contributed by atoms with Crippen LogP contribution >= 0.6 is 0 Å². The number of carbonyl (C=O) groups excluding carboxylic acids is 1. The molecular formula is C17H17N3O3S. The molecule has 3 rings (SSSR count). The van der Waals surface area contributed by atoms with Crippen LogP contribution in [-0.2, 0) is 29.2 Å². The molecule has 0 fully saturated rings. The second-order valence-corrected chi connectivity index (χ2v) is 6.83. The van der Waals surface area contributed by atoms with Gasteiger partial charge in [-0.1, -0.05) is 18.2 Å². The van der Waals surface area contributed by atoms with Gasteiger partial charge in [0.2, 0.25) is 5.91 Å². The van der Waals surface area contributed by atoms with Crippen molar-refractivity contribution < 1.29 is 9.00 Å². The number of nitrogens with one attached hydrogen (secondary N) is 1. The van der Waals surface area contributed by atoms with Gasteiger partial charge in [-0.05, 0) is 30.3 Å². The number of amides is 1. The number of imidazole rings is 1. The van der Waals surface area contributed by atoms with E-state index in [1.165, 1.54) is 9.13 Å². The summed E-state index contributed by atoms with van der Waals surface area (Å²) in [5.41, 5.74) is 1.80. The van der Waals surface area contributed by atoms with E-state index in [0.717, 1.165) is 5.52 Å². The van der Waals surface area contributed by atoms with Crippen LogP contribution in [0.2, 0.25) is 0 Å². The molecule has 0 aliphatic rings. The molecule has 1 unspecified atom stereocenters. The zero-order valence-electron chi connectivity index (χ0n) is 13.4. The van der Waals surface area contributed by atoms with Crippen molar-refractivity contribution in [2.24, 2.45) is 7.05 Å². The van der Waals surface area contributed by atoms with Crippen molar-refractivity contribution in [3.05, 3.63) is 59.0 Å². The molecule has 24 heavy (non-hydrogen) atoms. The van der Waals surface area contributed by atoms with Gasteiger partial charge in [-0.25, -0.2) is 4.79 Å². The molecule has 3 aromatic rings. The lowest BCUT2D eigenvalue weighted by atomic mass is 10.3. The van der Waals surface area contributed by atoms with Crippen molar-refractivity contribution in [3.63, 3.8) is 0 Å². The third-order valence-corrected chi connectivity index (χ3v) is 4.72. The van der Waals surface area contributed by atoms with Crippen LogP contribution in [0.1, 0.15) is 0 Å². The number of aryl methyl sites for hydroxylation is 1. The monoisotopic (exact) mass is 343 g/mol. The number of aromatic nitrogens is 2. The van der Waals surface area contributed by atoms with Gasteiger partial charge in [0.15, 0.2) is 0 Å². The molecule has 6 nitrogen and oxygen atoms in total. The maximum absolute atomic E-state index is 12.3. The van der Waals surface area contributed by atoms with Gasteiger partial charge in [0.1, 0.15) is 6.54 Å². The minimum absolute atomic E-state index is 0.0837. The lowest BCUT2D eigenvalue weighted by Crippen LogP contribution is -2.28. The number of nitrogens with zero attached hydrogens (tertiary/aromatic N) is 2. The molecule has 1 aromatic heterocycles. The summed E-state index contributed by atoms with van der Waals surface area (Å²) in [6.45, 7) is -0.0837. The van der Waals surface area contributed by atoms with Crippen LogP contribution in [0, 0.1) is 0 Å². The second-order valence-electron chi connectivity index (χ2n) is 5.45. The zero-order chi connectivity index (χ0) is 17.3. The van der Waals surface area contributed by atoms with Gasteiger partial charge in [0, 0.05) is 34.7 Å². The van der Waals surface area contributed by atoms with Gasteiger partial charge >= 0.3 is 5.69 Å². The molecule has 0 saturated heterocycles. The largest absolute Gasteiger partial charge is 0.329 e. The number of fused-ring (bicyclic) bond motifs is 1. The van der Waals surface area contributed by atoms with Crippen molar-refractivity contribution in [1.82, 2.24) is 9.13 Å². The lowest BCUT2D eigenvalue weighted by Gasteiger charge is -2.07. The third-order valence-electron chi connectivity index (χ3n) is 3.80. The summed E-state index contributed by atoms with van der Waals surface area (Å²) in [7, 11) is 0.559. The van der Waals surface area contributed by atoms with Crippen molar-refractivity contribution in [2.45, 2.75) is 11.4 Å². The summed E-state index contributed by atoms with van der Waals surface area (Å²) in [6.07, 6.45) is 1.58. The Morgan fingerprint density at radius 3 is 2.54 bits per heavy atom. The minimum atomic E-state index is -1.12. The number of hydrogen-bond acceptors (Lipinski definition) is 3. The molecule has 0 saturated carbocycles. The first-order valence-electron chi connectivity index (χ1n) is 7.35. The van der Waals surface area contributed by atoms with E-state index in [1.54, 1.807) is 37.6 Å². The van der Waals surface area contributed by atoms with E-state index in [9.17, 15) is 13.8 Å². The molecule has 0 bridgehead atoms. The molecule has 7 heteroatoms. The quantitative estimate of drug-likeness (QED) is 0.784. The Bertz CT molecular complexity index is 1000. The van der Waals surface area contributed by atoms with E-state index in [-0.39, 0.29) is 18.1 Å². The average molecular weight is 343 g/mol. The first kappa shape index (κ1) is 16.2. The number of para-hydroxylation sites is 2. The number of rotatable bonds is 4. The second kappa shape index (κ2) is 6.45. The Kier molecular flexibility index (Phi) is 4.35. The van der Waals surface area contributed by atoms with Crippen LogP contribution < -0.4 is 11.0 Å². The van der Waals surface area contributed by atoms with Crippen molar-refractivity contribution in [1.29, 1.82) is 0 Å². The molecule has 1 atom stereocenters. The van der Waals surface area contributed by atoms with E-state index in [1.807, 2.05) is 24.3 Å². The van der Waals surface area contributed by atoms with E-state index in [0.29, 0.717) is 16.1 Å². The molecule has 124 valence electrons. The summed E-state index contributed by atoms with van der Waals surface area (Å²) in [4.78, 5) is 25.3. The summed E-state index contributed by atoms with van der Waals surface area (Å²) >= 11 is 0. The number of carbonyl (C=O) groups is 1. The molecule has 1 heterocycles. The smallest absolute Gasteiger partial charge is 0.324 e. The van der Waals surface area contributed by atoms with Crippen LogP contribution in [0.15, 0.2) is 58.2 Å². The number of hydrogen-bond donors (Lipinski definition) is 1. The van der Waals surface area contributed by atoms with Gasteiger partial charge in [-0.2, -0.15) is 0 Å². The molecule has 1 amide bonds. The van der Waals surface area contributed by atoms with E-state index >= 15 is 0 Å². The molecule has 0 spiro atoms. The predicted octanol–water partition coefficient (Wildman–Crippen LogP) is 1.72. The first-order chi connectivity index (χ1) is 11.5. The van der Waals surface area contributed by atoms with E-state index in [2.05, 4.69) is 5.32 Å². The Morgan fingerprint density at radius 2 is 1.83 bits per heavy atom. The highest BCUT2D eigenvalue weighted by Crippen LogP contribution is 2.14. The molecule has 1 N–H and O–H groups in total. The summed E-state index contributed by atoms with van der Waals surface area (Å²) in [5, 5.41) is 2.74. The molecule has 0 aliphatic heterocycles. The maximum atomic E-state index is 12.3. The highest BCUT2D eigenvalue weighted by atomic mass is 32.2. The first-order valence-corrected chi connectivity index (χ1v) is 8.91.